The van der Waals surface area contributed by atoms with E-state index >= 15 is 0 Å². The zero-order valence-electron chi connectivity index (χ0n) is 10.9. The van der Waals surface area contributed by atoms with Crippen LogP contribution in [0.1, 0.15) is 16.7 Å². The quantitative estimate of drug-likeness (QED) is 0.528. The number of hydrogen-bond donors (Lipinski definition) is 0. The molecule has 0 aliphatic rings. The Labute approximate surface area is 129 Å². The molecule has 0 radical (unpaired) electrons. The molecule has 0 heterocycles. The van der Waals surface area contributed by atoms with E-state index in [1.807, 2.05) is 26.0 Å². The summed E-state index contributed by atoms with van der Waals surface area (Å²) in [6.07, 6.45) is 0. The van der Waals surface area contributed by atoms with E-state index in [1.165, 1.54) is 6.07 Å². The van der Waals surface area contributed by atoms with E-state index in [9.17, 15) is 13.0 Å². The summed E-state index contributed by atoms with van der Waals surface area (Å²) >= 11 is 0. The van der Waals surface area contributed by atoms with Gasteiger partial charge in [-0.3, -0.25) is 0 Å². The van der Waals surface area contributed by atoms with Gasteiger partial charge in [-0.25, -0.2) is 8.42 Å². The molecule has 5 heteroatoms. The van der Waals surface area contributed by atoms with Gasteiger partial charge in [0.1, 0.15) is 10.1 Å². The van der Waals surface area contributed by atoms with E-state index in [-0.39, 0.29) is 34.5 Å². The summed E-state index contributed by atoms with van der Waals surface area (Å²) in [6.45, 7) is 5.60. The van der Waals surface area contributed by atoms with E-state index in [2.05, 4.69) is 0 Å². The molecule has 18 heavy (non-hydrogen) atoms. The molecule has 0 saturated carbocycles. The SMILES string of the molecule is Cc1cc2cc(C)c(S(=O)(=O)[O-])cc2cc1C.[Na+]. The van der Waals surface area contributed by atoms with E-state index in [0.29, 0.717) is 5.56 Å². The topological polar surface area (TPSA) is 57.2 Å². The summed E-state index contributed by atoms with van der Waals surface area (Å²) in [5, 5.41) is 1.74. The molecule has 2 rings (SSSR count). The van der Waals surface area contributed by atoms with Crippen LogP contribution in [-0.2, 0) is 10.1 Å². The summed E-state index contributed by atoms with van der Waals surface area (Å²) in [5.74, 6) is 0. The largest absolute Gasteiger partial charge is 1.00 e. The Kier molecular flexibility index (Phi) is 4.62. The molecule has 0 aliphatic heterocycles. The molecule has 3 nitrogen and oxygen atoms in total. The standard InChI is InChI=1S/C13H14O3S.Na/c1-8-4-11-6-10(3)13(17(14,15)16)7-12(11)5-9(8)2;/h4-7H,1-3H3,(H,14,15,16);/q;+1/p-1. The monoisotopic (exact) mass is 272 g/mol. The average Bonchev–Trinajstić information content (AvgIpc) is 2.18. The van der Waals surface area contributed by atoms with Crippen molar-refractivity contribution in [3.05, 3.63) is 41.0 Å². The van der Waals surface area contributed by atoms with Gasteiger partial charge in [0.25, 0.3) is 0 Å². The van der Waals surface area contributed by atoms with Gasteiger partial charge in [-0.1, -0.05) is 18.2 Å². The van der Waals surface area contributed by atoms with Crippen molar-refractivity contribution in [1.29, 1.82) is 0 Å². The Balaban J connectivity index is 0.00000162. The third-order valence-corrected chi connectivity index (χ3v) is 3.99. The third-order valence-electron chi connectivity index (χ3n) is 3.02. The first kappa shape index (κ1) is 15.7. The Morgan fingerprint density at radius 2 is 1.22 bits per heavy atom. The first-order chi connectivity index (χ1) is 7.79. The van der Waals surface area contributed by atoms with Crippen LogP contribution >= 0.6 is 0 Å². The van der Waals surface area contributed by atoms with E-state index in [1.54, 1.807) is 13.0 Å². The van der Waals surface area contributed by atoms with Crippen molar-refractivity contribution in [3.8, 4) is 0 Å². The zero-order chi connectivity index (χ0) is 12.8. The van der Waals surface area contributed by atoms with Crippen LogP contribution in [0.4, 0.5) is 0 Å². The molecule has 0 aliphatic carbocycles. The number of fused-ring (bicyclic) bond motifs is 1. The van der Waals surface area contributed by atoms with Crippen molar-refractivity contribution in [2.24, 2.45) is 0 Å². The normalized spacial score (nSPS) is 11.3. The van der Waals surface area contributed by atoms with E-state index in [4.69, 9.17) is 0 Å². The summed E-state index contributed by atoms with van der Waals surface area (Å²) < 4.78 is 33.3. The molecule has 2 aromatic rings. The van der Waals surface area contributed by atoms with E-state index in [0.717, 1.165) is 21.9 Å². The van der Waals surface area contributed by atoms with Crippen LogP contribution in [0.2, 0.25) is 0 Å². The van der Waals surface area contributed by atoms with Gasteiger partial charge in [0.2, 0.25) is 0 Å². The minimum atomic E-state index is -4.40. The average molecular weight is 272 g/mol. The van der Waals surface area contributed by atoms with Crippen LogP contribution < -0.4 is 29.6 Å². The van der Waals surface area contributed by atoms with Crippen molar-refractivity contribution in [2.45, 2.75) is 25.7 Å². The second-order valence-electron chi connectivity index (χ2n) is 4.36. The molecule has 0 bridgehead atoms. The molecule has 0 saturated heterocycles. The maximum absolute atomic E-state index is 11.1. The van der Waals surface area contributed by atoms with Crippen molar-refractivity contribution in [3.63, 3.8) is 0 Å². The molecule has 0 fully saturated rings. The van der Waals surface area contributed by atoms with Crippen LogP contribution in [-0.4, -0.2) is 13.0 Å². The smallest absolute Gasteiger partial charge is 0.744 e. The molecule has 0 spiro atoms. The Morgan fingerprint density at radius 1 is 0.833 bits per heavy atom. The van der Waals surface area contributed by atoms with Crippen LogP contribution in [0.25, 0.3) is 10.8 Å². The summed E-state index contributed by atoms with van der Waals surface area (Å²) in [6, 6.07) is 7.10. The first-order valence-electron chi connectivity index (χ1n) is 5.26. The molecule has 0 unspecified atom stereocenters. The molecule has 0 amide bonds. The van der Waals surface area contributed by atoms with Crippen molar-refractivity contribution in [2.75, 3.05) is 0 Å². The number of rotatable bonds is 1. The number of hydrogen-bond acceptors (Lipinski definition) is 3. The molecule has 2 aromatic carbocycles. The Morgan fingerprint density at radius 3 is 1.67 bits per heavy atom. The second kappa shape index (κ2) is 5.31. The van der Waals surface area contributed by atoms with Gasteiger partial charge in [0, 0.05) is 0 Å². The van der Waals surface area contributed by atoms with Crippen LogP contribution in [0.15, 0.2) is 29.2 Å². The van der Waals surface area contributed by atoms with Gasteiger partial charge in [0.15, 0.2) is 0 Å². The molecule has 90 valence electrons. The predicted octanol–water partition coefficient (Wildman–Crippen LogP) is -0.327. The zero-order valence-corrected chi connectivity index (χ0v) is 13.8. The minimum Gasteiger partial charge on any atom is -0.744 e. The maximum atomic E-state index is 11.1. The summed E-state index contributed by atoms with van der Waals surface area (Å²) in [7, 11) is -4.40. The van der Waals surface area contributed by atoms with Crippen LogP contribution in [0.3, 0.4) is 0 Å². The molecule has 0 atom stereocenters. The summed E-state index contributed by atoms with van der Waals surface area (Å²) in [5.41, 5.74) is 2.72. The van der Waals surface area contributed by atoms with E-state index < -0.39 is 10.1 Å². The first-order valence-corrected chi connectivity index (χ1v) is 6.67. The third kappa shape index (κ3) is 2.95. The number of benzene rings is 2. The fourth-order valence-electron chi connectivity index (χ4n) is 1.94. The maximum Gasteiger partial charge on any atom is 1.00 e. The molecule has 0 N–H and O–H groups in total. The molecule has 0 aromatic heterocycles. The van der Waals surface area contributed by atoms with Crippen LogP contribution in [0.5, 0.6) is 0 Å². The summed E-state index contributed by atoms with van der Waals surface area (Å²) in [4.78, 5) is -0.131. The Bertz CT molecular complexity index is 706. The van der Waals surface area contributed by atoms with Gasteiger partial charge >= 0.3 is 29.6 Å². The van der Waals surface area contributed by atoms with Gasteiger partial charge in [0.05, 0.1) is 4.90 Å². The van der Waals surface area contributed by atoms with Gasteiger partial charge < -0.3 is 4.55 Å². The molecular weight excluding hydrogens is 259 g/mol. The van der Waals surface area contributed by atoms with Gasteiger partial charge in [-0.05, 0) is 54.3 Å². The van der Waals surface area contributed by atoms with Crippen LogP contribution in [0, 0.1) is 20.8 Å². The predicted molar refractivity (Wildman–Crippen MR) is 66.1 cm³/mol. The second-order valence-corrected chi connectivity index (χ2v) is 5.70. The molecular formula is C13H13NaO3S. The van der Waals surface area contributed by atoms with Crippen molar-refractivity contribution < 1.29 is 42.5 Å². The minimum absolute atomic E-state index is 0. The van der Waals surface area contributed by atoms with Crippen molar-refractivity contribution >= 4 is 20.9 Å². The fourth-order valence-corrected chi connectivity index (χ4v) is 2.66. The van der Waals surface area contributed by atoms with Gasteiger partial charge in [-0.2, -0.15) is 0 Å². The fraction of sp³-hybridized carbons (Fsp3) is 0.231. The van der Waals surface area contributed by atoms with Crippen molar-refractivity contribution in [1.82, 2.24) is 0 Å². The van der Waals surface area contributed by atoms with Gasteiger partial charge in [-0.15, -0.1) is 0 Å². The number of aryl methyl sites for hydroxylation is 3. The Hall–Kier alpha value is -0.390.